The largest absolute Gasteiger partial charge is 0.504 e. The van der Waals surface area contributed by atoms with Crippen molar-refractivity contribution in [2.75, 3.05) is 19.7 Å². The van der Waals surface area contributed by atoms with Crippen LogP contribution in [0.15, 0.2) is 42.5 Å². The van der Waals surface area contributed by atoms with Crippen molar-refractivity contribution in [1.29, 1.82) is 0 Å². The van der Waals surface area contributed by atoms with Gasteiger partial charge in [0.15, 0.2) is 23.9 Å². The molecule has 2 rings (SSSR count). The quantitative estimate of drug-likeness (QED) is 0.320. The third kappa shape index (κ3) is 7.56. The summed E-state index contributed by atoms with van der Waals surface area (Å²) in [4.78, 5) is 24.3. The Balaban J connectivity index is 0.00000420. The Morgan fingerprint density at radius 3 is 2.41 bits per heavy atom. The van der Waals surface area contributed by atoms with Crippen molar-refractivity contribution < 1.29 is 24.5 Å². The van der Waals surface area contributed by atoms with Crippen LogP contribution in [-0.4, -0.2) is 47.1 Å². The molecule has 0 aliphatic heterocycles. The number of hydrogen-bond acceptors (Lipinski definition) is 6. The number of Topliss-reactive ketones (excluding diaryl/α,β-unsaturated/α-hetero) is 1. The number of phenolic OH excluding ortho intramolecular Hbond substituents is 2. The minimum atomic E-state index is -0.580. The van der Waals surface area contributed by atoms with Crippen LogP contribution in [-0.2, 0) is 4.79 Å². The first-order chi connectivity index (χ1) is 13.2. The normalized spacial score (nSPS) is 10.7. The molecule has 0 fully saturated rings. The summed E-state index contributed by atoms with van der Waals surface area (Å²) in [5.41, 5.74) is -0.482. The van der Waals surface area contributed by atoms with Gasteiger partial charge in [0.25, 0.3) is 5.91 Å². The number of rotatable bonds is 9. The van der Waals surface area contributed by atoms with Crippen molar-refractivity contribution in [3.63, 3.8) is 0 Å². The van der Waals surface area contributed by atoms with Crippen LogP contribution in [0.5, 0.6) is 17.2 Å². The third-order valence-electron chi connectivity index (χ3n) is 3.96. The lowest BCUT2D eigenvalue weighted by Gasteiger charge is -2.26. The van der Waals surface area contributed by atoms with Gasteiger partial charge in [-0.1, -0.05) is 29.8 Å². The zero-order valence-corrected chi connectivity index (χ0v) is 18.5. The average molecular weight is 488 g/mol. The van der Waals surface area contributed by atoms with Crippen molar-refractivity contribution in [2.24, 2.45) is 0 Å². The topological polar surface area (TPSA) is 108 Å². The fourth-order valence-corrected chi connectivity index (χ4v) is 2.55. The smallest absolute Gasteiger partial charge is 0.258 e. The number of hydrogen-bond donors (Lipinski definition) is 4. The maximum atomic E-state index is 12.3. The first kappa shape index (κ1) is 24.7. The number of phenols is 2. The monoisotopic (exact) mass is 486 g/mol. The van der Waals surface area contributed by atoms with Crippen molar-refractivity contribution in [2.45, 2.75) is 19.4 Å². The summed E-state index contributed by atoms with van der Waals surface area (Å²) in [6.07, 6.45) is 0. The number of carbonyl (C=O) groups excluding carboxylic acids is 2. The second-order valence-electron chi connectivity index (χ2n) is 6.83. The van der Waals surface area contributed by atoms with E-state index in [0.29, 0.717) is 5.75 Å². The lowest BCUT2D eigenvalue weighted by molar-refractivity contribution is -0.123. The molecular formula is C20H24BrClN2O5. The van der Waals surface area contributed by atoms with E-state index in [4.69, 9.17) is 16.3 Å². The number of aromatic hydroxyl groups is 2. The van der Waals surface area contributed by atoms with E-state index in [-0.39, 0.29) is 59.0 Å². The summed E-state index contributed by atoms with van der Waals surface area (Å²) < 4.78 is 5.38. The van der Waals surface area contributed by atoms with Gasteiger partial charge in [-0.25, -0.2) is 0 Å². The summed E-state index contributed by atoms with van der Waals surface area (Å²) in [5, 5.41) is 24.6. The molecule has 7 nitrogen and oxygen atoms in total. The van der Waals surface area contributed by atoms with E-state index in [2.05, 4.69) is 10.6 Å². The van der Waals surface area contributed by atoms with Crippen LogP contribution < -0.4 is 15.4 Å². The Bertz CT molecular complexity index is 846. The predicted molar refractivity (Wildman–Crippen MR) is 116 cm³/mol. The molecule has 0 aliphatic rings. The molecule has 0 saturated heterocycles. The molecule has 29 heavy (non-hydrogen) atoms. The number of halogens is 2. The van der Waals surface area contributed by atoms with E-state index in [1.807, 2.05) is 32.0 Å². The average Bonchev–Trinajstić information content (AvgIpc) is 2.68. The van der Waals surface area contributed by atoms with E-state index in [1.54, 1.807) is 12.1 Å². The molecule has 9 heteroatoms. The van der Waals surface area contributed by atoms with E-state index < -0.39 is 17.0 Å². The van der Waals surface area contributed by atoms with Gasteiger partial charge in [0.05, 0.1) is 11.6 Å². The SMILES string of the molecule is Br.CC(C)(CNC(=O)COc1ccccc1)NCC(=O)c1ccc(O)c(O)c1Cl. The molecular weight excluding hydrogens is 464 g/mol. The number of para-hydroxylation sites is 1. The third-order valence-corrected chi connectivity index (χ3v) is 4.35. The first-order valence-corrected chi connectivity index (χ1v) is 9.00. The Hall–Kier alpha value is -2.29. The highest BCUT2D eigenvalue weighted by Gasteiger charge is 2.22. The van der Waals surface area contributed by atoms with Gasteiger partial charge in [0, 0.05) is 17.6 Å². The molecule has 0 unspecified atom stereocenters. The van der Waals surface area contributed by atoms with Gasteiger partial charge < -0.3 is 25.6 Å². The van der Waals surface area contributed by atoms with Gasteiger partial charge in [-0.2, -0.15) is 0 Å². The second-order valence-corrected chi connectivity index (χ2v) is 7.21. The van der Waals surface area contributed by atoms with Gasteiger partial charge in [0.1, 0.15) is 5.75 Å². The molecule has 0 aliphatic carbocycles. The molecule has 0 heterocycles. The van der Waals surface area contributed by atoms with E-state index >= 15 is 0 Å². The molecule has 2 aromatic rings. The summed E-state index contributed by atoms with van der Waals surface area (Å²) in [6.45, 7) is 3.75. The van der Waals surface area contributed by atoms with Crippen LogP contribution in [0.3, 0.4) is 0 Å². The fourth-order valence-electron chi connectivity index (χ4n) is 2.28. The molecule has 0 atom stereocenters. The van der Waals surface area contributed by atoms with Crippen molar-refractivity contribution >= 4 is 40.3 Å². The lowest BCUT2D eigenvalue weighted by atomic mass is 10.0. The summed E-state index contributed by atoms with van der Waals surface area (Å²) in [7, 11) is 0. The number of ketones is 1. The second kappa shape index (κ2) is 11.0. The van der Waals surface area contributed by atoms with Gasteiger partial charge in [-0.3, -0.25) is 9.59 Å². The van der Waals surface area contributed by atoms with Crippen molar-refractivity contribution in [3.8, 4) is 17.2 Å². The molecule has 1 amide bonds. The zero-order chi connectivity index (χ0) is 20.7. The van der Waals surface area contributed by atoms with E-state index in [1.165, 1.54) is 12.1 Å². The zero-order valence-electron chi connectivity index (χ0n) is 16.1. The predicted octanol–water partition coefficient (Wildman–Crippen LogP) is 3.08. The van der Waals surface area contributed by atoms with Gasteiger partial charge in [-0.15, -0.1) is 17.0 Å². The summed E-state index contributed by atoms with van der Waals surface area (Å²) in [5.74, 6) is -0.953. The molecule has 4 N–H and O–H groups in total. The molecule has 158 valence electrons. The molecule has 0 spiro atoms. The van der Waals surface area contributed by atoms with Crippen LogP contribution in [0.1, 0.15) is 24.2 Å². The number of amides is 1. The highest BCUT2D eigenvalue weighted by atomic mass is 79.9. The van der Waals surface area contributed by atoms with Crippen LogP contribution >= 0.6 is 28.6 Å². The molecule has 0 bridgehead atoms. The number of nitrogens with one attached hydrogen (secondary N) is 2. The van der Waals surface area contributed by atoms with Gasteiger partial charge in [-0.05, 0) is 38.1 Å². The lowest BCUT2D eigenvalue weighted by Crippen LogP contribution is -2.51. The molecule has 0 aromatic heterocycles. The highest BCUT2D eigenvalue weighted by Crippen LogP contribution is 2.35. The summed E-state index contributed by atoms with van der Waals surface area (Å²) in [6, 6.07) is 11.6. The minimum Gasteiger partial charge on any atom is -0.504 e. The minimum absolute atomic E-state index is 0. The molecule has 2 aromatic carbocycles. The van der Waals surface area contributed by atoms with Crippen LogP contribution in [0.25, 0.3) is 0 Å². The molecule has 0 radical (unpaired) electrons. The maximum Gasteiger partial charge on any atom is 0.258 e. The van der Waals surface area contributed by atoms with E-state index in [0.717, 1.165) is 0 Å². The van der Waals surface area contributed by atoms with Crippen LogP contribution in [0, 0.1) is 0 Å². The van der Waals surface area contributed by atoms with Crippen LogP contribution in [0.2, 0.25) is 5.02 Å². The van der Waals surface area contributed by atoms with Gasteiger partial charge in [0.2, 0.25) is 0 Å². The Morgan fingerprint density at radius 1 is 1.10 bits per heavy atom. The Labute approximate surface area is 184 Å². The van der Waals surface area contributed by atoms with E-state index in [9.17, 15) is 19.8 Å². The van der Waals surface area contributed by atoms with Crippen molar-refractivity contribution in [1.82, 2.24) is 10.6 Å². The number of benzene rings is 2. The fraction of sp³-hybridized carbons (Fsp3) is 0.300. The summed E-state index contributed by atoms with van der Waals surface area (Å²) >= 11 is 5.90. The number of carbonyl (C=O) groups is 2. The Morgan fingerprint density at radius 2 is 1.76 bits per heavy atom. The first-order valence-electron chi connectivity index (χ1n) is 8.63. The van der Waals surface area contributed by atoms with Crippen LogP contribution in [0.4, 0.5) is 0 Å². The Kier molecular flexibility index (Phi) is 9.42. The number of ether oxygens (including phenoxy) is 1. The van der Waals surface area contributed by atoms with Gasteiger partial charge >= 0.3 is 0 Å². The molecule has 0 saturated carbocycles. The standard InChI is InChI=1S/C20H23ClN2O5.BrH/c1-20(2,12-22-17(26)11-28-13-6-4-3-5-7-13)23-10-16(25)14-8-9-15(24)19(27)18(14)21;/h3-9,23-24,27H,10-12H2,1-2H3,(H,22,26);1H. The van der Waals surface area contributed by atoms with Crippen molar-refractivity contribution in [3.05, 3.63) is 53.1 Å². The highest BCUT2D eigenvalue weighted by molar-refractivity contribution is 8.93. The maximum absolute atomic E-state index is 12.3.